The minimum Gasteiger partial charge on any atom is -0.478 e. The Kier molecular flexibility index (Phi) is 4.11. The number of nitrogens with one attached hydrogen (secondary N) is 1. The zero-order valence-corrected chi connectivity index (χ0v) is 12.9. The van der Waals surface area contributed by atoms with Gasteiger partial charge in [0.25, 0.3) is 10.0 Å². The number of sulfonamides is 1. The van der Waals surface area contributed by atoms with Crippen LogP contribution in [0.5, 0.6) is 0 Å². The van der Waals surface area contributed by atoms with E-state index in [4.69, 9.17) is 5.11 Å². The van der Waals surface area contributed by atoms with E-state index in [9.17, 15) is 17.6 Å². The lowest BCUT2D eigenvalue weighted by Gasteiger charge is -2.08. The molecule has 5 nitrogen and oxygen atoms in total. The van der Waals surface area contributed by atoms with Gasteiger partial charge in [0, 0.05) is 9.85 Å². The van der Waals surface area contributed by atoms with Crippen molar-refractivity contribution in [2.24, 2.45) is 0 Å². The molecule has 0 fully saturated rings. The Morgan fingerprint density at radius 2 is 2.05 bits per heavy atom. The summed E-state index contributed by atoms with van der Waals surface area (Å²) in [6, 6.07) is 4.61. The lowest BCUT2D eigenvalue weighted by atomic mass is 10.3. The fraction of sp³-hybridized carbons (Fsp3) is 0. The number of aromatic carboxylic acids is 1. The largest absolute Gasteiger partial charge is 0.478 e. The molecule has 0 bridgehead atoms. The third-order valence-electron chi connectivity index (χ3n) is 2.26. The van der Waals surface area contributed by atoms with Crippen LogP contribution in [0.15, 0.2) is 38.3 Å². The van der Waals surface area contributed by atoms with E-state index in [0.717, 1.165) is 23.5 Å². The minimum absolute atomic E-state index is 0.0373. The summed E-state index contributed by atoms with van der Waals surface area (Å²) in [6.45, 7) is 0. The number of thiophene rings is 1. The van der Waals surface area contributed by atoms with Gasteiger partial charge in [-0.05, 0) is 40.2 Å². The maximum Gasteiger partial charge on any atom is 0.336 e. The van der Waals surface area contributed by atoms with Gasteiger partial charge >= 0.3 is 5.97 Å². The highest BCUT2D eigenvalue weighted by atomic mass is 79.9. The van der Waals surface area contributed by atoms with Gasteiger partial charge in [0.05, 0.1) is 11.3 Å². The smallest absolute Gasteiger partial charge is 0.336 e. The molecule has 0 aliphatic heterocycles. The first-order valence-electron chi connectivity index (χ1n) is 5.09. The van der Waals surface area contributed by atoms with Crippen LogP contribution in [0.2, 0.25) is 0 Å². The summed E-state index contributed by atoms with van der Waals surface area (Å²) in [6.07, 6.45) is 0. The molecular weight excluding hydrogens is 373 g/mol. The molecule has 0 aliphatic rings. The topological polar surface area (TPSA) is 83.5 Å². The Labute approximate surface area is 126 Å². The minimum atomic E-state index is -3.96. The van der Waals surface area contributed by atoms with Crippen molar-refractivity contribution in [3.05, 3.63) is 45.5 Å². The van der Waals surface area contributed by atoms with E-state index in [0.29, 0.717) is 4.47 Å². The summed E-state index contributed by atoms with van der Waals surface area (Å²) in [4.78, 5) is 10.7. The third-order valence-corrected chi connectivity index (χ3v) is 5.76. The molecule has 1 aromatic carbocycles. The number of rotatable bonds is 4. The lowest BCUT2D eigenvalue weighted by Crippen LogP contribution is -2.12. The fourth-order valence-corrected chi connectivity index (χ4v) is 4.04. The monoisotopic (exact) mass is 379 g/mol. The number of hydrogen-bond acceptors (Lipinski definition) is 4. The molecule has 1 aromatic heterocycles. The standard InChI is InChI=1S/C11H7BrFNO4S2/c12-8-2-1-7(13)4-9(8)14-20(17,18)10-3-6(5-19-10)11(15)16/h1-5,14H,(H,15,16). The summed E-state index contributed by atoms with van der Waals surface area (Å²) in [5.74, 6) is -1.81. The Balaban J connectivity index is 2.35. The lowest BCUT2D eigenvalue weighted by molar-refractivity contribution is 0.0697. The predicted octanol–water partition coefficient (Wildman–Crippen LogP) is 3.15. The first kappa shape index (κ1) is 14.9. The number of halogens is 2. The van der Waals surface area contributed by atoms with Crippen molar-refractivity contribution in [3.63, 3.8) is 0 Å². The fourth-order valence-electron chi connectivity index (χ4n) is 1.34. The van der Waals surface area contributed by atoms with E-state index in [1.165, 1.54) is 17.5 Å². The molecule has 2 rings (SSSR count). The second-order valence-electron chi connectivity index (χ2n) is 3.69. The molecule has 2 aromatic rings. The number of anilines is 1. The zero-order chi connectivity index (χ0) is 14.9. The van der Waals surface area contributed by atoms with Crippen LogP contribution >= 0.6 is 27.3 Å². The highest BCUT2D eigenvalue weighted by Gasteiger charge is 2.20. The molecule has 9 heteroatoms. The van der Waals surface area contributed by atoms with Crippen LogP contribution in [-0.2, 0) is 10.0 Å². The van der Waals surface area contributed by atoms with Gasteiger partial charge in [-0.1, -0.05) is 0 Å². The molecule has 0 spiro atoms. The number of benzene rings is 1. The van der Waals surface area contributed by atoms with Gasteiger partial charge in [-0.25, -0.2) is 17.6 Å². The number of carbonyl (C=O) groups is 1. The molecule has 0 unspecified atom stereocenters. The molecule has 20 heavy (non-hydrogen) atoms. The maximum atomic E-state index is 13.1. The zero-order valence-electron chi connectivity index (χ0n) is 9.63. The molecule has 0 saturated carbocycles. The summed E-state index contributed by atoms with van der Waals surface area (Å²) < 4.78 is 39.6. The van der Waals surface area contributed by atoms with Crippen molar-refractivity contribution in [1.29, 1.82) is 0 Å². The van der Waals surface area contributed by atoms with Crippen LogP contribution < -0.4 is 4.72 Å². The number of carboxylic acids is 1. The number of hydrogen-bond donors (Lipinski definition) is 2. The van der Waals surface area contributed by atoms with Crippen molar-refractivity contribution >= 4 is 48.9 Å². The van der Waals surface area contributed by atoms with E-state index >= 15 is 0 Å². The highest BCUT2D eigenvalue weighted by Crippen LogP contribution is 2.28. The van der Waals surface area contributed by atoms with Crippen LogP contribution in [0.3, 0.4) is 0 Å². The molecule has 1 heterocycles. The van der Waals surface area contributed by atoms with Crippen molar-refractivity contribution in [3.8, 4) is 0 Å². The van der Waals surface area contributed by atoms with Crippen molar-refractivity contribution in [2.45, 2.75) is 4.21 Å². The molecule has 0 radical (unpaired) electrons. The van der Waals surface area contributed by atoms with Gasteiger partial charge in [-0.3, -0.25) is 4.72 Å². The van der Waals surface area contributed by atoms with Crippen molar-refractivity contribution in [2.75, 3.05) is 4.72 Å². The Bertz CT molecular complexity index is 772. The van der Waals surface area contributed by atoms with Crippen LogP contribution in [-0.4, -0.2) is 19.5 Å². The highest BCUT2D eigenvalue weighted by molar-refractivity contribution is 9.10. The van der Waals surface area contributed by atoms with E-state index in [-0.39, 0.29) is 15.5 Å². The SMILES string of the molecule is O=C(O)c1csc(S(=O)(=O)Nc2cc(F)ccc2Br)c1. The second-order valence-corrected chi connectivity index (χ2v) is 7.36. The normalized spacial score (nSPS) is 11.3. The number of carboxylic acid groups (broad SMARTS) is 1. The van der Waals surface area contributed by atoms with Gasteiger partial charge in [0.1, 0.15) is 10.0 Å². The summed E-state index contributed by atoms with van der Waals surface area (Å²) >= 11 is 3.87. The van der Waals surface area contributed by atoms with Gasteiger partial charge < -0.3 is 5.11 Å². The van der Waals surface area contributed by atoms with Crippen LogP contribution in [0.25, 0.3) is 0 Å². The molecule has 106 valence electrons. The van der Waals surface area contributed by atoms with Gasteiger partial charge in [0.15, 0.2) is 0 Å². The Hall–Kier alpha value is -1.45. The molecule has 0 saturated heterocycles. The second kappa shape index (κ2) is 5.51. The quantitative estimate of drug-likeness (QED) is 0.854. The Morgan fingerprint density at radius 3 is 2.65 bits per heavy atom. The average Bonchev–Trinajstić information content (AvgIpc) is 2.84. The van der Waals surface area contributed by atoms with Crippen LogP contribution in [0.1, 0.15) is 10.4 Å². The maximum absolute atomic E-state index is 13.1. The first-order valence-corrected chi connectivity index (χ1v) is 8.25. The first-order chi connectivity index (χ1) is 9.29. The van der Waals surface area contributed by atoms with Gasteiger partial charge in [0.2, 0.25) is 0 Å². The average molecular weight is 380 g/mol. The summed E-state index contributed by atoms with van der Waals surface area (Å²) in [5, 5.41) is 9.99. The summed E-state index contributed by atoms with van der Waals surface area (Å²) in [7, 11) is -3.96. The van der Waals surface area contributed by atoms with Crippen molar-refractivity contribution in [1.82, 2.24) is 0 Å². The van der Waals surface area contributed by atoms with Gasteiger partial charge in [-0.2, -0.15) is 0 Å². The van der Waals surface area contributed by atoms with E-state index < -0.39 is 21.8 Å². The Morgan fingerprint density at radius 1 is 1.35 bits per heavy atom. The molecule has 0 aliphatic carbocycles. The molecule has 0 amide bonds. The van der Waals surface area contributed by atoms with E-state index in [1.54, 1.807) is 0 Å². The molecule has 2 N–H and O–H groups in total. The molecule has 0 atom stereocenters. The van der Waals surface area contributed by atoms with Gasteiger partial charge in [-0.15, -0.1) is 11.3 Å². The van der Waals surface area contributed by atoms with Crippen LogP contribution in [0, 0.1) is 5.82 Å². The summed E-state index contributed by atoms with van der Waals surface area (Å²) in [5.41, 5.74) is -0.0797. The third kappa shape index (κ3) is 3.17. The van der Waals surface area contributed by atoms with E-state index in [2.05, 4.69) is 20.7 Å². The van der Waals surface area contributed by atoms with Crippen LogP contribution in [0.4, 0.5) is 10.1 Å². The predicted molar refractivity (Wildman–Crippen MR) is 76.2 cm³/mol. The van der Waals surface area contributed by atoms with E-state index in [1.807, 2.05) is 0 Å². The molecular formula is C11H7BrFNO4S2. The van der Waals surface area contributed by atoms with Crippen molar-refractivity contribution < 1.29 is 22.7 Å².